The van der Waals surface area contributed by atoms with Crippen LogP contribution < -0.4 is 11.5 Å². The first-order valence-electron chi connectivity index (χ1n) is 5.34. The van der Waals surface area contributed by atoms with E-state index in [0.29, 0.717) is 17.1 Å². The minimum absolute atomic E-state index is 0.356. The Morgan fingerprint density at radius 3 is 2.35 bits per heavy atom. The van der Waals surface area contributed by atoms with Gasteiger partial charge in [0.15, 0.2) is 0 Å². The van der Waals surface area contributed by atoms with Gasteiger partial charge in [0.05, 0.1) is 0 Å². The average Bonchev–Trinajstić information content (AvgIpc) is 2.29. The minimum Gasteiger partial charge on any atom is -0.399 e. The van der Waals surface area contributed by atoms with Crippen molar-refractivity contribution in [2.45, 2.75) is 13.0 Å². The lowest BCUT2D eigenvalue weighted by atomic mass is 9.98. The molecule has 1 atom stereocenters. The van der Waals surface area contributed by atoms with Crippen LogP contribution in [0.5, 0.6) is 0 Å². The Kier molecular flexibility index (Phi) is 2.97. The fraction of sp³-hybridized carbons (Fsp3) is 0.154. The van der Waals surface area contributed by atoms with E-state index in [1.807, 2.05) is 13.0 Å². The number of nitrogen functional groups attached to an aromatic ring is 2. The number of nitrogens with two attached hydrogens (primary N) is 2. The molecule has 0 fully saturated rings. The maximum atomic E-state index is 10.3. The zero-order valence-corrected chi connectivity index (χ0v) is 9.59. The van der Waals surface area contributed by atoms with Crippen LogP contribution in [0.15, 0.2) is 36.5 Å². The molecule has 0 amide bonds. The molecule has 5 N–H and O–H groups in total. The molecule has 0 aliphatic carbocycles. The lowest BCUT2D eigenvalue weighted by Gasteiger charge is -2.15. The van der Waals surface area contributed by atoms with Crippen molar-refractivity contribution in [3.63, 3.8) is 0 Å². The molecule has 0 spiro atoms. The second-order valence-corrected chi connectivity index (χ2v) is 4.00. The van der Waals surface area contributed by atoms with Gasteiger partial charge in [-0.25, -0.2) is 4.98 Å². The summed E-state index contributed by atoms with van der Waals surface area (Å²) in [5, 5.41) is 10.3. The maximum absolute atomic E-state index is 10.3. The Balaban J connectivity index is 2.43. The van der Waals surface area contributed by atoms with Crippen molar-refractivity contribution in [3.8, 4) is 0 Å². The van der Waals surface area contributed by atoms with E-state index in [4.69, 9.17) is 11.5 Å². The van der Waals surface area contributed by atoms with Crippen LogP contribution in [0.25, 0.3) is 0 Å². The molecule has 0 bridgehead atoms. The fourth-order valence-electron chi connectivity index (χ4n) is 1.79. The van der Waals surface area contributed by atoms with Crippen molar-refractivity contribution >= 4 is 11.5 Å². The van der Waals surface area contributed by atoms with Gasteiger partial charge in [0, 0.05) is 17.4 Å². The van der Waals surface area contributed by atoms with Crippen LogP contribution in [0.3, 0.4) is 0 Å². The molecule has 1 heterocycles. The third kappa shape index (κ3) is 2.21. The maximum Gasteiger partial charge on any atom is 0.129 e. The number of pyridine rings is 1. The molecular formula is C13H15N3O. The van der Waals surface area contributed by atoms with Gasteiger partial charge in [-0.3, -0.25) is 0 Å². The van der Waals surface area contributed by atoms with E-state index in [0.717, 1.165) is 11.1 Å². The summed E-state index contributed by atoms with van der Waals surface area (Å²) in [5.74, 6) is 0.356. The normalized spacial score (nSPS) is 12.4. The van der Waals surface area contributed by atoms with Crippen LogP contribution in [0, 0.1) is 6.92 Å². The van der Waals surface area contributed by atoms with Crippen molar-refractivity contribution in [2.24, 2.45) is 0 Å². The summed E-state index contributed by atoms with van der Waals surface area (Å²) in [4.78, 5) is 4.00. The van der Waals surface area contributed by atoms with Gasteiger partial charge in [-0.1, -0.05) is 12.1 Å². The summed E-state index contributed by atoms with van der Waals surface area (Å²) >= 11 is 0. The number of rotatable bonds is 2. The number of hydrogen-bond acceptors (Lipinski definition) is 4. The van der Waals surface area contributed by atoms with E-state index in [1.54, 1.807) is 30.5 Å². The van der Waals surface area contributed by atoms with E-state index in [-0.39, 0.29) is 0 Å². The standard InChI is InChI=1S/C13H15N3O/c1-8-6-7-16-13(15)11(8)12(17)9-2-4-10(14)5-3-9/h2-7,12,17H,14H2,1H3,(H2,15,16). The number of aryl methyl sites for hydroxylation is 1. The average molecular weight is 229 g/mol. The molecule has 1 aromatic heterocycles. The molecule has 4 heteroatoms. The molecule has 2 aromatic rings. The summed E-state index contributed by atoms with van der Waals surface area (Å²) < 4.78 is 0. The van der Waals surface area contributed by atoms with Crippen molar-refractivity contribution in [2.75, 3.05) is 11.5 Å². The highest BCUT2D eigenvalue weighted by molar-refractivity contribution is 5.50. The van der Waals surface area contributed by atoms with Gasteiger partial charge in [0.1, 0.15) is 11.9 Å². The molecule has 2 rings (SSSR count). The molecule has 4 nitrogen and oxygen atoms in total. The van der Waals surface area contributed by atoms with Crippen LogP contribution in [0.1, 0.15) is 22.8 Å². The Morgan fingerprint density at radius 1 is 1.12 bits per heavy atom. The highest BCUT2D eigenvalue weighted by Gasteiger charge is 2.16. The summed E-state index contributed by atoms with van der Waals surface area (Å²) in [7, 11) is 0. The zero-order chi connectivity index (χ0) is 12.4. The van der Waals surface area contributed by atoms with E-state index >= 15 is 0 Å². The number of aliphatic hydroxyl groups excluding tert-OH is 1. The van der Waals surface area contributed by atoms with E-state index in [1.165, 1.54) is 0 Å². The molecule has 0 aliphatic rings. The first kappa shape index (κ1) is 11.4. The second-order valence-electron chi connectivity index (χ2n) is 4.00. The Labute approximate surface area is 99.9 Å². The highest BCUT2D eigenvalue weighted by atomic mass is 16.3. The van der Waals surface area contributed by atoms with Crippen LogP contribution in [0.4, 0.5) is 11.5 Å². The van der Waals surface area contributed by atoms with Gasteiger partial charge in [0.25, 0.3) is 0 Å². The van der Waals surface area contributed by atoms with E-state index in [2.05, 4.69) is 4.98 Å². The smallest absolute Gasteiger partial charge is 0.129 e. The molecule has 1 unspecified atom stereocenters. The topological polar surface area (TPSA) is 85.2 Å². The Morgan fingerprint density at radius 2 is 1.76 bits per heavy atom. The number of hydrogen-bond donors (Lipinski definition) is 3. The SMILES string of the molecule is Cc1ccnc(N)c1C(O)c1ccc(N)cc1. The molecule has 0 aliphatic heterocycles. The molecule has 0 saturated carbocycles. The van der Waals surface area contributed by atoms with Crippen molar-refractivity contribution < 1.29 is 5.11 Å². The number of anilines is 2. The molecule has 0 radical (unpaired) electrons. The summed E-state index contributed by atoms with van der Waals surface area (Å²) in [6.07, 6.45) is 0.855. The van der Waals surface area contributed by atoms with Gasteiger partial charge in [-0.05, 0) is 36.2 Å². The van der Waals surface area contributed by atoms with E-state index in [9.17, 15) is 5.11 Å². The van der Waals surface area contributed by atoms with Gasteiger partial charge < -0.3 is 16.6 Å². The van der Waals surface area contributed by atoms with Crippen LogP contribution in [0.2, 0.25) is 0 Å². The Hall–Kier alpha value is -2.07. The molecule has 1 aromatic carbocycles. The van der Waals surface area contributed by atoms with Gasteiger partial charge in [-0.15, -0.1) is 0 Å². The van der Waals surface area contributed by atoms with Crippen LogP contribution in [-0.4, -0.2) is 10.1 Å². The van der Waals surface area contributed by atoms with Crippen LogP contribution >= 0.6 is 0 Å². The third-order valence-corrected chi connectivity index (χ3v) is 2.76. The van der Waals surface area contributed by atoms with Crippen molar-refractivity contribution in [1.82, 2.24) is 4.98 Å². The largest absolute Gasteiger partial charge is 0.399 e. The quantitative estimate of drug-likeness (QED) is 0.683. The lowest BCUT2D eigenvalue weighted by molar-refractivity contribution is 0.220. The molecule has 88 valence electrons. The number of nitrogens with zero attached hydrogens (tertiary/aromatic N) is 1. The van der Waals surface area contributed by atoms with Gasteiger partial charge >= 0.3 is 0 Å². The highest BCUT2D eigenvalue weighted by Crippen LogP contribution is 2.28. The lowest BCUT2D eigenvalue weighted by Crippen LogP contribution is -2.07. The monoisotopic (exact) mass is 229 g/mol. The predicted molar refractivity (Wildman–Crippen MR) is 68.3 cm³/mol. The number of aliphatic hydroxyl groups is 1. The zero-order valence-electron chi connectivity index (χ0n) is 9.59. The summed E-state index contributed by atoms with van der Waals surface area (Å²) in [6, 6.07) is 8.89. The predicted octanol–water partition coefficient (Wildman–Crippen LogP) is 1.64. The van der Waals surface area contributed by atoms with Crippen molar-refractivity contribution in [3.05, 3.63) is 53.2 Å². The molecule has 0 saturated heterocycles. The summed E-state index contributed by atoms with van der Waals surface area (Å²) in [5.41, 5.74) is 14.4. The number of aromatic nitrogens is 1. The van der Waals surface area contributed by atoms with Crippen molar-refractivity contribution in [1.29, 1.82) is 0 Å². The van der Waals surface area contributed by atoms with Gasteiger partial charge in [0.2, 0.25) is 0 Å². The Bertz CT molecular complexity index is 502. The number of benzene rings is 1. The first-order chi connectivity index (χ1) is 8.09. The molecular weight excluding hydrogens is 214 g/mol. The van der Waals surface area contributed by atoms with Crippen LogP contribution in [-0.2, 0) is 0 Å². The fourth-order valence-corrected chi connectivity index (χ4v) is 1.79. The molecule has 17 heavy (non-hydrogen) atoms. The minimum atomic E-state index is -0.774. The summed E-state index contributed by atoms with van der Waals surface area (Å²) in [6.45, 7) is 1.90. The third-order valence-electron chi connectivity index (χ3n) is 2.76. The first-order valence-corrected chi connectivity index (χ1v) is 5.34. The van der Waals surface area contributed by atoms with Gasteiger partial charge in [-0.2, -0.15) is 0 Å². The van der Waals surface area contributed by atoms with E-state index < -0.39 is 6.10 Å². The second kappa shape index (κ2) is 4.43.